The average Bonchev–Trinajstić information content (AvgIpc) is 3.04. The zero-order valence-corrected chi connectivity index (χ0v) is 17.2. The van der Waals surface area contributed by atoms with Gasteiger partial charge in [0, 0.05) is 14.2 Å². The summed E-state index contributed by atoms with van der Waals surface area (Å²) in [6, 6.07) is 12.8. The Morgan fingerprint density at radius 1 is 1.08 bits per heavy atom. The van der Waals surface area contributed by atoms with Crippen molar-refractivity contribution in [3.05, 3.63) is 70.8 Å². The van der Waals surface area contributed by atoms with Gasteiger partial charge in [-0.05, 0) is 54.7 Å². The van der Waals surface area contributed by atoms with Crippen LogP contribution >= 0.6 is 55.4 Å². The summed E-state index contributed by atoms with van der Waals surface area (Å²) >= 11 is 13.4. The van der Waals surface area contributed by atoms with E-state index in [1.807, 2.05) is 36.4 Å². The molecule has 0 atom stereocenters. The third kappa shape index (κ3) is 2.83. The minimum Gasteiger partial charge on any atom is -0.493 e. The van der Waals surface area contributed by atoms with Crippen LogP contribution in [0.5, 0.6) is 5.88 Å². The number of rotatable bonds is 2. The Balaban J connectivity index is 2.00. The highest BCUT2D eigenvalue weighted by Gasteiger charge is 2.25. The lowest BCUT2D eigenvalue weighted by Crippen LogP contribution is -2.22. The lowest BCUT2D eigenvalue weighted by atomic mass is 10.1. The van der Waals surface area contributed by atoms with Gasteiger partial charge in [-0.3, -0.25) is 9.36 Å². The van der Waals surface area contributed by atoms with Crippen molar-refractivity contribution in [2.24, 2.45) is 4.99 Å². The number of amides is 1. The summed E-state index contributed by atoms with van der Waals surface area (Å²) in [5.74, 6) is -0.425. The topological polar surface area (TPSA) is 54.6 Å². The molecule has 8 heteroatoms. The summed E-state index contributed by atoms with van der Waals surface area (Å²) in [6.45, 7) is 0. The highest BCUT2D eigenvalue weighted by molar-refractivity contribution is 9.10. The monoisotopic (exact) mass is 494 g/mol. The Kier molecular flexibility index (Phi) is 4.23. The van der Waals surface area contributed by atoms with Crippen LogP contribution in [0.4, 0.5) is 0 Å². The first-order chi connectivity index (χ1) is 12.0. The predicted molar refractivity (Wildman–Crippen MR) is 106 cm³/mol. The Morgan fingerprint density at radius 2 is 1.76 bits per heavy atom. The molecule has 0 fully saturated rings. The highest BCUT2D eigenvalue weighted by Crippen LogP contribution is 2.35. The van der Waals surface area contributed by atoms with Crippen LogP contribution in [0.2, 0.25) is 0 Å². The molecule has 0 saturated carbocycles. The fraction of sp³-hybridized carbons (Fsp3) is 0. The van der Waals surface area contributed by atoms with Gasteiger partial charge >= 0.3 is 0 Å². The van der Waals surface area contributed by atoms with Crippen molar-refractivity contribution >= 4 is 66.9 Å². The number of halogens is 2. The van der Waals surface area contributed by atoms with Crippen molar-refractivity contribution < 1.29 is 9.90 Å². The maximum absolute atomic E-state index is 12.4. The van der Waals surface area contributed by atoms with Crippen LogP contribution in [0, 0.1) is 3.95 Å². The summed E-state index contributed by atoms with van der Waals surface area (Å²) in [5, 5.41) is 12.1. The molecule has 3 aromatic rings. The largest absolute Gasteiger partial charge is 0.493 e. The van der Waals surface area contributed by atoms with E-state index < -0.39 is 0 Å². The summed E-state index contributed by atoms with van der Waals surface area (Å²) in [5.41, 5.74) is 1.10. The van der Waals surface area contributed by atoms with Crippen molar-refractivity contribution in [2.75, 3.05) is 0 Å². The Morgan fingerprint density at radius 3 is 2.48 bits per heavy atom. The second kappa shape index (κ2) is 6.28. The normalized spacial score (nSPS) is 13.0. The number of hydrogen-bond acceptors (Lipinski definition) is 4. The van der Waals surface area contributed by atoms with E-state index in [2.05, 4.69) is 36.9 Å². The van der Waals surface area contributed by atoms with Gasteiger partial charge < -0.3 is 5.11 Å². The van der Waals surface area contributed by atoms with Crippen LogP contribution < -0.4 is 10.6 Å². The lowest BCUT2D eigenvalue weighted by molar-refractivity contribution is -0.112. The summed E-state index contributed by atoms with van der Waals surface area (Å²) in [4.78, 5) is 16.9. The van der Waals surface area contributed by atoms with E-state index in [4.69, 9.17) is 12.2 Å². The molecule has 0 unspecified atom stereocenters. The molecule has 2 heterocycles. The molecule has 1 aromatic heterocycles. The number of hydrogen-bond donors (Lipinski definition) is 1. The summed E-state index contributed by atoms with van der Waals surface area (Å²) < 4.78 is 3.77. The average molecular weight is 496 g/mol. The Hall–Kier alpha value is -1.61. The van der Waals surface area contributed by atoms with Gasteiger partial charge in [0.2, 0.25) is 5.88 Å². The van der Waals surface area contributed by atoms with E-state index in [9.17, 15) is 9.90 Å². The molecule has 0 aliphatic carbocycles. The number of aromatic nitrogens is 1. The van der Waals surface area contributed by atoms with E-state index in [1.165, 1.54) is 11.3 Å². The molecule has 4 nitrogen and oxygen atoms in total. The van der Waals surface area contributed by atoms with Gasteiger partial charge in [0.05, 0.1) is 16.6 Å². The number of benzene rings is 2. The van der Waals surface area contributed by atoms with Crippen LogP contribution in [0.3, 0.4) is 0 Å². The van der Waals surface area contributed by atoms with Crippen LogP contribution in [-0.4, -0.2) is 15.6 Å². The molecular formula is C17H8Br2N2O2S2. The minimum absolute atomic E-state index is 0.0521. The first-order valence-electron chi connectivity index (χ1n) is 7.10. The van der Waals surface area contributed by atoms with Gasteiger partial charge in [0.1, 0.15) is 4.88 Å². The van der Waals surface area contributed by atoms with Gasteiger partial charge in [0.25, 0.3) is 5.91 Å². The standard InChI is InChI=1S/C17H8Br2N2O2S2/c18-8-1-4-10(5-2-8)21-16(23)14(25-17(21)24)13-11-7-9(19)3-6-12(11)20-15(13)22/h1-7,23H. The fourth-order valence-electron chi connectivity index (χ4n) is 2.65. The van der Waals surface area contributed by atoms with Crippen LogP contribution in [-0.2, 0) is 4.79 Å². The van der Waals surface area contributed by atoms with E-state index in [1.54, 1.807) is 10.6 Å². The second-order valence-electron chi connectivity index (χ2n) is 5.29. The third-order valence-corrected chi connectivity index (χ3v) is 6.17. The third-order valence-electron chi connectivity index (χ3n) is 3.76. The van der Waals surface area contributed by atoms with E-state index >= 15 is 0 Å². The van der Waals surface area contributed by atoms with Crippen molar-refractivity contribution in [1.82, 2.24) is 4.57 Å². The van der Waals surface area contributed by atoms with Crippen molar-refractivity contribution in [2.45, 2.75) is 0 Å². The Bertz CT molecular complexity index is 1210. The summed E-state index contributed by atoms with van der Waals surface area (Å²) in [6.07, 6.45) is 0. The first-order valence-corrected chi connectivity index (χ1v) is 9.91. The van der Waals surface area contributed by atoms with Crippen LogP contribution in [0.1, 0.15) is 4.88 Å². The van der Waals surface area contributed by atoms with E-state index in [0.717, 1.165) is 14.6 Å². The number of aromatic hydroxyl groups is 1. The quantitative estimate of drug-likeness (QED) is 0.549. The van der Waals surface area contributed by atoms with Gasteiger partial charge in [-0.25, -0.2) is 4.99 Å². The number of fused-ring (bicyclic) bond motifs is 1. The van der Waals surface area contributed by atoms with E-state index in [0.29, 0.717) is 25.0 Å². The van der Waals surface area contributed by atoms with Crippen molar-refractivity contribution in [1.29, 1.82) is 0 Å². The first kappa shape index (κ1) is 16.8. The molecule has 1 N–H and O–H groups in total. The number of carbonyl (C=O) groups is 1. The zero-order valence-electron chi connectivity index (χ0n) is 12.4. The molecule has 1 amide bonds. The van der Waals surface area contributed by atoms with E-state index in [-0.39, 0.29) is 11.8 Å². The van der Waals surface area contributed by atoms with Gasteiger partial charge in [-0.1, -0.05) is 31.9 Å². The lowest BCUT2D eigenvalue weighted by Gasteiger charge is -2.05. The molecule has 25 heavy (non-hydrogen) atoms. The molecule has 0 spiro atoms. The minimum atomic E-state index is -0.373. The molecule has 0 bridgehead atoms. The smallest absolute Gasteiger partial charge is 0.279 e. The number of carbonyl (C=O) groups excluding carboxylic acids is 1. The maximum Gasteiger partial charge on any atom is 0.279 e. The summed E-state index contributed by atoms with van der Waals surface area (Å²) in [7, 11) is 0. The van der Waals surface area contributed by atoms with Crippen LogP contribution in [0.25, 0.3) is 11.3 Å². The molecule has 2 aromatic carbocycles. The SMILES string of the molecule is O=C1N=c2ccc(Br)cc2=C1c1sc(=S)n(-c2ccc(Br)cc2)c1O. The highest BCUT2D eigenvalue weighted by atomic mass is 79.9. The van der Waals surface area contributed by atoms with Gasteiger partial charge in [-0.15, -0.1) is 11.3 Å². The molecule has 1 aliphatic rings. The molecule has 0 radical (unpaired) electrons. The predicted octanol–water partition coefficient (Wildman–Crippen LogP) is 3.86. The Labute approximate surface area is 168 Å². The maximum atomic E-state index is 12.4. The van der Waals surface area contributed by atoms with Gasteiger partial charge in [0.15, 0.2) is 3.95 Å². The fourth-order valence-corrected chi connectivity index (χ4v) is 4.66. The zero-order chi connectivity index (χ0) is 17.7. The molecule has 4 rings (SSSR count). The molecule has 124 valence electrons. The molecule has 0 saturated heterocycles. The number of thiazole rings is 1. The number of nitrogens with zero attached hydrogens (tertiary/aromatic N) is 2. The van der Waals surface area contributed by atoms with Gasteiger partial charge in [-0.2, -0.15) is 0 Å². The van der Waals surface area contributed by atoms with Crippen LogP contribution in [0.15, 0.2) is 56.4 Å². The van der Waals surface area contributed by atoms with Crippen molar-refractivity contribution in [3.8, 4) is 11.6 Å². The molecule has 1 aliphatic heterocycles. The molecular weight excluding hydrogens is 488 g/mol. The second-order valence-corrected chi connectivity index (χ2v) is 8.76. The van der Waals surface area contributed by atoms with Crippen molar-refractivity contribution in [3.63, 3.8) is 0 Å².